The molecule has 0 heterocycles. The molecule has 0 aliphatic heterocycles. The summed E-state index contributed by atoms with van der Waals surface area (Å²) in [7, 11) is 0. The summed E-state index contributed by atoms with van der Waals surface area (Å²) in [6.07, 6.45) is 0. The molecule has 0 radical (unpaired) electrons. The van der Waals surface area contributed by atoms with Crippen molar-refractivity contribution in [1.82, 2.24) is 5.32 Å². The van der Waals surface area contributed by atoms with Crippen LogP contribution in [-0.2, 0) is 0 Å². The number of ether oxygens (including phenoxy) is 1. The number of rotatable bonds is 5. The molecule has 0 saturated heterocycles. The van der Waals surface area contributed by atoms with Gasteiger partial charge < -0.3 is 15.4 Å². The summed E-state index contributed by atoms with van der Waals surface area (Å²) in [6.45, 7) is 6.36. The third-order valence-corrected chi connectivity index (χ3v) is 3.38. The number of anilines is 1. The number of hydrogen-bond donors (Lipinski definition) is 2. The molecular weight excluding hydrogens is 295 g/mol. The van der Waals surface area contributed by atoms with Crippen molar-refractivity contribution in [2.45, 2.75) is 26.8 Å². The first-order valence-electron chi connectivity index (χ1n) is 7.56. The molecule has 0 aliphatic carbocycles. The zero-order valence-electron chi connectivity index (χ0n) is 13.5. The zero-order chi connectivity index (χ0) is 16.8. The molecule has 2 aromatic carbocycles. The lowest BCUT2D eigenvalue weighted by Gasteiger charge is -2.19. The minimum Gasteiger partial charge on any atom is -0.494 e. The number of benzene rings is 2. The van der Waals surface area contributed by atoms with Gasteiger partial charge in [-0.2, -0.15) is 0 Å². The second-order valence-electron chi connectivity index (χ2n) is 5.30. The van der Waals surface area contributed by atoms with E-state index in [-0.39, 0.29) is 17.9 Å². The maximum absolute atomic E-state index is 12.9. The summed E-state index contributed by atoms with van der Waals surface area (Å²) in [5.74, 6) is 0.415. The van der Waals surface area contributed by atoms with Gasteiger partial charge in [-0.3, -0.25) is 0 Å². The SMILES string of the molecule is CCOc1ccc(C)cc1C(C)NC(=O)Nc1ccc(F)cc1. The van der Waals surface area contributed by atoms with Gasteiger partial charge >= 0.3 is 6.03 Å². The van der Waals surface area contributed by atoms with Crippen molar-refractivity contribution in [3.8, 4) is 5.75 Å². The average molecular weight is 316 g/mol. The van der Waals surface area contributed by atoms with E-state index in [0.717, 1.165) is 16.9 Å². The van der Waals surface area contributed by atoms with Gasteiger partial charge in [-0.1, -0.05) is 17.7 Å². The molecule has 0 fully saturated rings. The molecule has 2 rings (SSSR count). The molecule has 23 heavy (non-hydrogen) atoms. The molecule has 0 saturated carbocycles. The summed E-state index contributed by atoms with van der Waals surface area (Å²) in [6, 6.07) is 10.9. The lowest BCUT2D eigenvalue weighted by atomic mass is 10.0. The topological polar surface area (TPSA) is 50.4 Å². The Morgan fingerprint density at radius 3 is 2.57 bits per heavy atom. The quantitative estimate of drug-likeness (QED) is 0.858. The summed E-state index contributed by atoms with van der Waals surface area (Å²) < 4.78 is 18.5. The highest BCUT2D eigenvalue weighted by Gasteiger charge is 2.14. The van der Waals surface area contributed by atoms with Crippen LogP contribution in [0.2, 0.25) is 0 Å². The van der Waals surface area contributed by atoms with Gasteiger partial charge in [0.25, 0.3) is 0 Å². The molecule has 2 amide bonds. The van der Waals surface area contributed by atoms with E-state index in [2.05, 4.69) is 10.6 Å². The van der Waals surface area contributed by atoms with Gasteiger partial charge in [-0.05, 0) is 51.1 Å². The van der Waals surface area contributed by atoms with Gasteiger partial charge in [0.2, 0.25) is 0 Å². The number of halogens is 1. The Morgan fingerprint density at radius 2 is 1.91 bits per heavy atom. The monoisotopic (exact) mass is 316 g/mol. The Balaban J connectivity index is 2.06. The molecule has 122 valence electrons. The van der Waals surface area contributed by atoms with Crippen LogP contribution in [0.3, 0.4) is 0 Å². The van der Waals surface area contributed by atoms with Crippen LogP contribution in [0, 0.1) is 12.7 Å². The number of nitrogens with one attached hydrogen (secondary N) is 2. The Hall–Kier alpha value is -2.56. The predicted octanol–water partition coefficient (Wildman–Crippen LogP) is 4.42. The summed E-state index contributed by atoms with van der Waals surface area (Å²) in [5.41, 5.74) is 2.54. The molecule has 5 heteroatoms. The van der Waals surface area contributed by atoms with E-state index in [1.165, 1.54) is 24.3 Å². The minimum atomic E-state index is -0.354. The van der Waals surface area contributed by atoms with Crippen molar-refractivity contribution < 1.29 is 13.9 Å². The summed E-state index contributed by atoms with van der Waals surface area (Å²) in [5, 5.41) is 5.54. The molecule has 1 unspecified atom stereocenters. The van der Waals surface area contributed by atoms with Crippen LogP contribution in [0.4, 0.5) is 14.9 Å². The van der Waals surface area contributed by atoms with E-state index in [1.54, 1.807) is 0 Å². The van der Waals surface area contributed by atoms with E-state index >= 15 is 0 Å². The third kappa shape index (κ3) is 4.71. The second kappa shape index (κ2) is 7.63. The summed E-state index contributed by atoms with van der Waals surface area (Å²) in [4.78, 5) is 12.1. The van der Waals surface area contributed by atoms with Crippen molar-refractivity contribution in [1.29, 1.82) is 0 Å². The van der Waals surface area contributed by atoms with Crippen LogP contribution in [0.25, 0.3) is 0 Å². The van der Waals surface area contributed by atoms with Gasteiger partial charge in [0, 0.05) is 11.3 Å². The van der Waals surface area contributed by atoms with Crippen molar-refractivity contribution in [2.75, 3.05) is 11.9 Å². The van der Waals surface area contributed by atoms with Gasteiger partial charge in [0.15, 0.2) is 0 Å². The predicted molar refractivity (Wildman–Crippen MR) is 89.3 cm³/mol. The summed E-state index contributed by atoms with van der Waals surface area (Å²) >= 11 is 0. The molecule has 0 bridgehead atoms. The molecule has 0 aliphatic rings. The Bertz CT molecular complexity index is 671. The number of carbonyl (C=O) groups is 1. The van der Waals surface area contributed by atoms with Crippen LogP contribution < -0.4 is 15.4 Å². The lowest BCUT2D eigenvalue weighted by molar-refractivity contribution is 0.249. The number of hydrogen-bond acceptors (Lipinski definition) is 2. The first kappa shape index (κ1) is 16.8. The average Bonchev–Trinajstić information content (AvgIpc) is 2.51. The first-order chi connectivity index (χ1) is 11.0. The standard InChI is InChI=1S/C18H21FN2O2/c1-4-23-17-10-5-12(2)11-16(17)13(3)20-18(22)21-15-8-6-14(19)7-9-15/h5-11,13H,4H2,1-3H3,(H2,20,21,22). The second-order valence-corrected chi connectivity index (χ2v) is 5.30. The van der Waals surface area contributed by atoms with Crippen molar-refractivity contribution >= 4 is 11.7 Å². The highest BCUT2D eigenvalue weighted by atomic mass is 19.1. The van der Waals surface area contributed by atoms with E-state index in [4.69, 9.17) is 4.74 Å². The van der Waals surface area contributed by atoms with Crippen molar-refractivity contribution in [3.05, 3.63) is 59.4 Å². The first-order valence-corrected chi connectivity index (χ1v) is 7.56. The van der Waals surface area contributed by atoms with Crippen LogP contribution in [0.5, 0.6) is 5.75 Å². The molecule has 2 N–H and O–H groups in total. The highest BCUT2D eigenvalue weighted by Crippen LogP contribution is 2.26. The largest absolute Gasteiger partial charge is 0.494 e. The fourth-order valence-corrected chi connectivity index (χ4v) is 2.27. The van der Waals surface area contributed by atoms with Crippen LogP contribution >= 0.6 is 0 Å². The Morgan fingerprint density at radius 1 is 1.22 bits per heavy atom. The highest BCUT2D eigenvalue weighted by molar-refractivity contribution is 5.89. The number of carbonyl (C=O) groups excluding carboxylic acids is 1. The normalized spacial score (nSPS) is 11.7. The fraction of sp³-hybridized carbons (Fsp3) is 0.278. The third-order valence-electron chi connectivity index (χ3n) is 3.38. The van der Waals surface area contributed by atoms with Crippen LogP contribution in [0.1, 0.15) is 31.0 Å². The smallest absolute Gasteiger partial charge is 0.319 e. The number of amides is 2. The van der Waals surface area contributed by atoms with Crippen LogP contribution in [0.15, 0.2) is 42.5 Å². The van der Waals surface area contributed by atoms with Gasteiger partial charge in [-0.25, -0.2) is 9.18 Å². The van der Waals surface area contributed by atoms with Gasteiger partial charge in [0.05, 0.1) is 12.6 Å². The Kier molecular flexibility index (Phi) is 5.57. The maximum atomic E-state index is 12.9. The van der Waals surface area contributed by atoms with Gasteiger partial charge in [0.1, 0.15) is 11.6 Å². The van der Waals surface area contributed by atoms with E-state index in [9.17, 15) is 9.18 Å². The molecule has 4 nitrogen and oxygen atoms in total. The van der Waals surface area contributed by atoms with E-state index in [0.29, 0.717) is 12.3 Å². The molecule has 0 aromatic heterocycles. The molecule has 0 spiro atoms. The molecule has 2 aromatic rings. The molecular formula is C18H21FN2O2. The van der Waals surface area contributed by atoms with Crippen molar-refractivity contribution in [3.63, 3.8) is 0 Å². The van der Waals surface area contributed by atoms with Crippen molar-refractivity contribution in [2.24, 2.45) is 0 Å². The number of urea groups is 1. The maximum Gasteiger partial charge on any atom is 0.319 e. The van der Waals surface area contributed by atoms with Crippen LogP contribution in [-0.4, -0.2) is 12.6 Å². The lowest BCUT2D eigenvalue weighted by Crippen LogP contribution is -2.31. The number of aryl methyl sites for hydroxylation is 1. The van der Waals surface area contributed by atoms with E-state index in [1.807, 2.05) is 39.0 Å². The fourth-order valence-electron chi connectivity index (χ4n) is 2.27. The molecule has 1 atom stereocenters. The van der Waals surface area contributed by atoms with Gasteiger partial charge in [-0.15, -0.1) is 0 Å². The van der Waals surface area contributed by atoms with E-state index < -0.39 is 0 Å². The zero-order valence-corrected chi connectivity index (χ0v) is 13.5. The minimum absolute atomic E-state index is 0.225. The Labute approximate surface area is 135 Å².